The van der Waals surface area contributed by atoms with E-state index in [2.05, 4.69) is 20.3 Å². The molecular weight excluding hydrogens is 378 g/mol. The van der Waals surface area contributed by atoms with Crippen LogP contribution in [-0.2, 0) is 6.18 Å². The fourth-order valence-electron chi connectivity index (χ4n) is 2.99. The molecule has 0 saturated carbocycles. The molecule has 0 unspecified atom stereocenters. The fourth-order valence-corrected chi connectivity index (χ4v) is 2.99. The smallest absolute Gasteiger partial charge is 0.311 e. The minimum atomic E-state index is -4.63. The number of H-pyrrole nitrogens is 1. The van der Waals surface area contributed by atoms with Crippen LogP contribution < -0.4 is 5.56 Å². The minimum absolute atomic E-state index is 0.0644. The van der Waals surface area contributed by atoms with Crippen molar-refractivity contribution in [2.24, 2.45) is 5.92 Å². The SMILES string of the molecule is Cc1nc(-c2cn([C@H](c3ccc(C(F)(F)F)cc3F)C(C)C)nn2)cc(=O)[nH]1. The molecule has 3 rings (SSSR count). The number of hydrogen-bond acceptors (Lipinski definition) is 4. The van der Waals surface area contributed by atoms with E-state index in [0.717, 1.165) is 12.1 Å². The molecule has 28 heavy (non-hydrogen) atoms. The number of alkyl halides is 3. The van der Waals surface area contributed by atoms with Crippen LogP contribution in [0.5, 0.6) is 0 Å². The Balaban J connectivity index is 2.03. The van der Waals surface area contributed by atoms with Gasteiger partial charge in [-0.2, -0.15) is 13.2 Å². The van der Waals surface area contributed by atoms with E-state index in [4.69, 9.17) is 0 Å². The first-order chi connectivity index (χ1) is 13.1. The van der Waals surface area contributed by atoms with Crippen molar-refractivity contribution >= 4 is 0 Å². The molecule has 0 saturated heterocycles. The standard InChI is InChI=1S/C18H17F4N5O/c1-9(2)17(12-5-4-11(6-13(12)19)18(20,21)22)27-8-15(25-26-27)14-7-16(28)24-10(3)23-14/h4-9,17H,1-3H3,(H,23,24,28)/t17-/m0/s1. The summed E-state index contributed by atoms with van der Waals surface area (Å²) < 4.78 is 54.3. The van der Waals surface area contributed by atoms with Gasteiger partial charge in [0, 0.05) is 11.6 Å². The maximum Gasteiger partial charge on any atom is 0.416 e. The normalized spacial score (nSPS) is 13.1. The van der Waals surface area contributed by atoms with Crippen LogP contribution >= 0.6 is 0 Å². The third kappa shape index (κ3) is 3.95. The zero-order chi connectivity index (χ0) is 20.6. The van der Waals surface area contributed by atoms with Gasteiger partial charge in [-0.3, -0.25) is 4.79 Å². The summed E-state index contributed by atoms with van der Waals surface area (Å²) in [6.07, 6.45) is -3.14. The number of nitrogens with one attached hydrogen (secondary N) is 1. The second-order valence-electron chi connectivity index (χ2n) is 6.72. The van der Waals surface area contributed by atoms with Crippen LogP contribution in [-0.4, -0.2) is 25.0 Å². The maximum absolute atomic E-state index is 14.5. The summed E-state index contributed by atoms with van der Waals surface area (Å²) in [6.45, 7) is 5.20. The van der Waals surface area contributed by atoms with Gasteiger partial charge in [0.2, 0.25) is 0 Å². The average molecular weight is 395 g/mol. The monoisotopic (exact) mass is 395 g/mol. The van der Waals surface area contributed by atoms with E-state index < -0.39 is 23.6 Å². The summed E-state index contributed by atoms with van der Waals surface area (Å²) >= 11 is 0. The second-order valence-corrected chi connectivity index (χ2v) is 6.72. The van der Waals surface area contributed by atoms with Crippen molar-refractivity contribution in [3.05, 3.63) is 63.6 Å². The van der Waals surface area contributed by atoms with Crippen molar-refractivity contribution in [1.82, 2.24) is 25.0 Å². The molecule has 0 amide bonds. The van der Waals surface area contributed by atoms with Crippen LogP contribution in [0.4, 0.5) is 17.6 Å². The first kappa shape index (κ1) is 19.7. The van der Waals surface area contributed by atoms with Crippen molar-refractivity contribution in [3.8, 4) is 11.4 Å². The van der Waals surface area contributed by atoms with E-state index in [-0.39, 0.29) is 17.0 Å². The Bertz CT molecular complexity index is 1050. The molecule has 0 bridgehead atoms. The number of hydrogen-bond donors (Lipinski definition) is 1. The predicted molar refractivity (Wildman–Crippen MR) is 93.0 cm³/mol. The van der Waals surface area contributed by atoms with Crippen molar-refractivity contribution < 1.29 is 17.6 Å². The molecule has 2 heterocycles. The predicted octanol–water partition coefficient (Wildman–Crippen LogP) is 3.74. The quantitative estimate of drug-likeness (QED) is 0.683. The number of aromatic nitrogens is 5. The Morgan fingerprint density at radius 2 is 1.86 bits per heavy atom. The van der Waals surface area contributed by atoms with Crippen molar-refractivity contribution in [2.75, 3.05) is 0 Å². The van der Waals surface area contributed by atoms with Gasteiger partial charge in [0.25, 0.3) is 5.56 Å². The Morgan fingerprint density at radius 3 is 2.43 bits per heavy atom. The molecule has 2 aromatic heterocycles. The van der Waals surface area contributed by atoms with Crippen LogP contribution in [0.1, 0.15) is 36.8 Å². The topological polar surface area (TPSA) is 76.5 Å². The summed E-state index contributed by atoms with van der Waals surface area (Å²) in [7, 11) is 0. The molecule has 0 radical (unpaired) electrons. The number of aryl methyl sites for hydroxylation is 1. The lowest BCUT2D eigenvalue weighted by atomic mass is 9.94. The Morgan fingerprint density at radius 1 is 1.14 bits per heavy atom. The van der Waals surface area contributed by atoms with Gasteiger partial charge in [0.15, 0.2) is 0 Å². The molecule has 0 aliphatic carbocycles. The summed E-state index contributed by atoms with van der Waals surface area (Å²) in [5.41, 5.74) is -0.755. The van der Waals surface area contributed by atoms with Gasteiger partial charge >= 0.3 is 6.18 Å². The molecule has 0 aliphatic heterocycles. The fraction of sp³-hybridized carbons (Fsp3) is 0.333. The summed E-state index contributed by atoms with van der Waals surface area (Å²) in [6, 6.07) is 2.99. The van der Waals surface area contributed by atoms with Crippen molar-refractivity contribution in [1.29, 1.82) is 0 Å². The van der Waals surface area contributed by atoms with E-state index in [1.165, 1.54) is 16.9 Å². The van der Waals surface area contributed by atoms with Crippen LogP contribution in [0.25, 0.3) is 11.4 Å². The third-order valence-electron chi connectivity index (χ3n) is 4.20. The first-order valence-electron chi connectivity index (χ1n) is 8.43. The van der Waals surface area contributed by atoms with Gasteiger partial charge in [-0.1, -0.05) is 25.1 Å². The molecule has 0 fully saturated rings. The van der Waals surface area contributed by atoms with Crippen molar-refractivity contribution in [2.45, 2.75) is 33.0 Å². The summed E-state index contributed by atoms with van der Waals surface area (Å²) in [5, 5.41) is 7.97. The van der Waals surface area contributed by atoms with E-state index in [9.17, 15) is 22.4 Å². The van der Waals surface area contributed by atoms with E-state index in [0.29, 0.717) is 23.3 Å². The zero-order valence-corrected chi connectivity index (χ0v) is 15.3. The molecule has 148 valence electrons. The Hall–Kier alpha value is -3.04. The Labute approximate surface area is 157 Å². The highest BCUT2D eigenvalue weighted by Gasteiger charge is 2.32. The van der Waals surface area contributed by atoms with Crippen LogP contribution in [0, 0.1) is 18.7 Å². The van der Waals surface area contributed by atoms with Gasteiger partial charge < -0.3 is 4.98 Å². The van der Waals surface area contributed by atoms with E-state index in [1.807, 2.05) is 0 Å². The number of aromatic amines is 1. The van der Waals surface area contributed by atoms with Gasteiger partial charge in [0.05, 0.1) is 23.5 Å². The molecule has 6 nitrogen and oxygen atoms in total. The van der Waals surface area contributed by atoms with Crippen LogP contribution in [0.2, 0.25) is 0 Å². The first-order valence-corrected chi connectivity index (χ1v) is 8.43. The summed E-state index contributed by atoms with van der Waals surface area (Å²) in [5.74, 6) is -0.781. The van der Waals surface area contributed by atoms with Crippen LogP contribution in [0.15, 0.2) is 35.3 Å². The van der Waals surface area contributed by atoms with Gasteiger partial charge in [-0.15, -0.1) is 5.10 Å². The number of nitrogens with zero attached hydrogens (tertiary/aromatic N) is 4. The molecule has 1 aromatic carbocycles. The summed E-state index contributed by atoms with van der Waals surface area (Å²) in [4.78, 5) is 18.3. The number of halogens is 4. The van der Waals surface area contributed by atoms with Crippen molar-refractivity contribution in [3.63, 3.8) is 0 Å². The third-order valence-corrected chi connectivity index (χ3v) is 4.20. The van der Waals surface area contributed by atoms with E-state index in [1.54, 1.807) is 20.8 Å². The lowest BCUT2D eigenvalue weighted by molar-refractivity contribution is -0.137. The molecule has 10 heteroatoms. The highest BCUT2D eigenvalue weighted by molar-refractivity contribution is 5.51. The molecule has 0 aliphatic rings. The highest BCUT2D eigenvalue weighted by Crippen LogP contribution is 2.34. The van der Waals surface area contributed by atoms with Crippen LogP contribution in [0.3, 0.4) is 0 Å². The Kier molecular flexibility index (Phi) is 5.05. The molecule has 0 spiro atoms. The molecule has 1 atom stereocenters. The lowest BCUT2D eigenvalue weighted by Gasteiger charge is -2.22. The minimum Gasteiger partial charge on any atom is -0.311 e. The zero-order valence-electron chi connectivity index (χ0n) is 15.3. The lowest BCUT2D eigenvalue weighted by Crippen LogP contribution is -2.19. The molecule has 1 N–H and O–H groups in total. The molecule has 3 aromatic rings. The van der Waals surface area contributed by atoms with Gasteiger partial charge in [0.1, 0.15) is 17.3 Å². The number of rotatable bonds is 4. The largest absolute Gasteiger partial charge is 0.416 e. The van der Waals surface area contributed by atoms with Gasteiger partial charge in [-0.05, 0) is 25.0 Å². The number of benzene rings is 1. The van der Waals surface area contributed by atoms with Gasteiger partial charge in [-0.25, -0.2) is 14.1 Å². The maximum atomic E-state index is 14.5. The van der Waals surface area contributed by atoms with E-state index >= 15 is 0 Å². The average Bonchev–Trinajstić information content (AvgIpc) is 3.04. The molecular formula is C18H17F4N5O. The highest BCUT2D eigenvalue weighted by atomic mass is 19.4. The second kappa shape index (κ2) is 7.17.